The Labute approximate surface area is 108 Å². The molecule has 1 unspecified atom stereocenters. The van der Waals surface area contributed by atoms with Crippen LogP contribution >= 0.6 is 0 Å². The molecule has 0 aliphatic carbocycles. The van der Waals surface area contributed by atoms with Crippen LogP contribution in [0.1, 0.15) is 5.56 Å². The van der Waals surface area contributed by atoms with Crippen LogP contribution in [0.15, 0.2) is 29.2 Å². The van der Waals surface area contributed by atoms with Gasteiger partial charge in [-0.3, -0.25) is 0 Å². The maximum Gasteiger partial charge on any atom is 0.411 e. The molecule has 1 aromatic carbocycles. The number of aliphatic hydroxyl groups excluding tert-OH is 1. The normalized spacial score (nSPS) is 27.3. The Morgan fingerprint density at radius 1 is 1.32 bits per heavy atom. The highest BCUT2D eigenvalue weighted by molar-refractivity contribution is 7.89. The molecule has 1 fully saturated rings. The van der Waals surface area contributed by atoms with E-state index in [-0.39, 0.29) is 9.20 Å². The van der Waals surface area contributed by atoms with Gasteiger partial charge in [-0.15, -0.1) is 0 Å². The Morgan fingerprint density at radius 2 is 1.84 bits per heavy atom. The van der Waals surface area contributed by atoms with E-state index in [1.165, 1.54) is 24.3 Å². The molecule has 0 spiro atoms. The smallest absolute Gasteiger partial charge is 0.394 e. The van der Waals surface area contributed by atoms with Crippen LogP contribution in [0.3, 0.4) is 0 Å². The fraction of sp³-hybridized carbons (Fsp3) is 0.455. The molecule has 8 heteroatoms. The SMILES string of the molecule is Cc1ccc(S(=O)(=O)N2C[C@]2(CO)C(F)(F)F)cc1. The summed E-state index contributed by atoms with van der Waals surface area (Å²) in [6, 6.07) is 5.51. The standard InChI is InChI=1S/C11H12F3NO3S/c1-8-2-4-9(5-3-8)19(17,18)15-6-10(15,7-16)11(12,13)14/h2-5,16H,6-7H2,1H3/t10-,15?/m0/s1. The van der Waals surface area contributed by atoms with E-state index < -0.39 is 34.9 Å². The Balaban J connectivity index is 2.36. The average molecular weight is 295 g/mol. The Morgan fingerprint density at radius 3 is 2.21 bits per heavy atom. The van der Waals surface area contributed by atoms with Crippen LogP contribution < -0.4 is 0 Å². The van der Waals surface area contributed by atoms with Crippen LogP contribution in [-0.4, -0.2) is 42.7 Å². The first-order valence-corrected chi connectivity index (χ1v) is 6.86. The highest BCUT2D eigenvalue weighted by Crippen LogP contribution is 2.49. The molecule has 0 aromatic heterocycles. The molecule has 0 saturated carbocycles. The van der Waals surface area contributed by atoms with Gasteiger partial charge in [0.15, 0.2) is 5.54 Å². The summed E-state index contributed by atoms with van der Waals surface area (Å²) in [4.78, 5) is -0.210. The lowest BCUT2D eigenvalue weighted by Gasteiger charge is -2.18. The first-order chi connectivity index (χ1) is 8.65. The maximum atomic E-state index is 12.8. The minimum absolute atomic E-state index is 0.210. The molecule has 106 valence electrons. The summed E-state index contributed by atoms with van der Waals surface area (Å²) in [5.41, 5.74) is -1.87. The molecule has 0 radical (unpaired) electrons. The van der Waals surface area contributed by atoms with Gasteiger partial charge >= 0.3 is 6.18 Å². The first-order valence-electron chi connectivity index (χ1n) is 5.42. The van der Waals surface area contributed by atoms with Gasteiger partial charge in [-0.25, -0.2) is 8.42 Å². The Bertz CT molecular complexity index is 582. The van der Waals surface area contributed by atoms with E-state index in [1.54, 1.807) is 6.92 Å². The van der Waals surface area contributed by atoms with Crippen LogP contribution in [-0.2, 0) is 10.0 Å². The van der Waals surface area contributed by atoms with Crippen molar-refractivity contribution in [3.8, 4) is 0 Å². The number of sulfonamides is 1. The second-order valence-electron chi connectivity index (χ2n) is 4.51. The third-order valence-corrected chi connectivity index (χ3v) is 5.10. The lowest BCUT2D eigenvalue weighted by atomic mass is 10.2. The van der Waals surface area contributed by atoms with Crippen molar-refractivity contribution in [2.45, 2.75) is 23.5 Å². The molecular formula is C11H12F3NO3S. The molecule has 1 aromatic rings. The van der Waals surface area contributed by atoms with Crippen molar-refractivity contribution < 1.29 is 26.7 Å². The number of alkyl halides is 3. The third kappa shape index (κ3) is 2.13. The largest absolute Gasteiger partial charge is 0.411 e. The Hall–Kier alpha value is -1.12. The van der Waals surface area contributed by atoms with Crippen molar-refractivity contribution in [1.82, 2.24) is 4.31 Å². The van der Waals surface area contributed by atoms with Crippen LogP contribution in [0.25, 0.3) is 0 Å². The predicted octanol–water partition coefficient (Wildman–Crippen LogP) is 1.29. The molecule has 1 saturated heterocycles. The summed E-state index contributed by atoms with van der Waals surface area (Å²) in [5, 5.41) is 8.89. The van der Waals surface area contributed by atoms with Gasteiger partial charge in [0, 0.05) is 6.54 Å². The van der Waals surface area contributed by atoms with E-state index in [0.29, 0.717) is 0 Å². The topological polar surface area (TPSA) is 57.4 Å². The van der Waals surface area contributed by atoms with E-state index in [2.05, 4.69) is 0 Å². The fourth-order valence-corrected chi connectivity index (χ4v) is 3.54. The summed E-state index contributed by atoms with van der Waals surface area (Å²) in [7, 11) is -4.23. The van der Waals surface area contributed by atoms with Crippen molar-refractivity contribution in [3.63, 3.8) is 0 Å². The molecule has 1 aliphatic rings. The second-order valence-corrected chi connectivity index (χ2v) is 6.37. The lowest BCUT2D eigenvalue weighted by molar-refractivity contribution is -0.174. The molecule has 1 heterocycles. The van der Waals surface area contributed by atoms with Gasteiger partial charge in [-0.1, -0.05) is 17.7 Å². The summed E-state index contributed by atoms with van der Waals surface area (Å²) in [5.74, 6) is 0. The molecule has 2 atom stereocenters. The minimum atomic E-state index is -4.79. The zero-order valence-corrected chi connectivity index (χ0v) is 10.8. The van der Waals surface area contributed by atoms with Crippen molar-refractivity contribution >= 4 is 10.0 Å². The monoisotopic (exact) mass is 295 g/mol. The van der Waals surface area contributed by atoms with E-state index in [4.69, 9.17) is 5.11 Å². The van der Waals surface area contributed by atoms with Crippen molar-refractivity contribution in [2.24, 2.45) is 0 Å². The van der Waals surface area contributed by atoms with Crippen LogP contribution in [0.4, 0.5) is 13.2 Å². The maximum absolute atomic E-state index is 12.8. The fourth-order valence-electron chi connectivity index (χ4n) is 1.80. The van der Waals surface area contributed by atoms with E-state index >= 15 is 0 Å². The van der Waals surface area contributed by atoms with Gasteiger partial charge in [0.25, 0.3) is 0 Å². The van der Waals surface area contributed by atoms with Crippen molar-refractivity contribution in [2.75, 3.05) is 13.2 Å². The predicted molar refractivity (Wildman–Crippen MR) is 60.9 cm³/mol. The van der Waals surface area contributed by atoms with Gasteiger partial charge in [0.1, 0.15) is 0 Å². The molecule has 0 amide bonds. The van der Waals surface area contributed by atoms with Crippen molar-refractivity contribution in [1.29, 1.82) is 0 Å². The van der Waals surface area contributed by atoms with Crippen LogP contribution in [0.2, 0.25) is 0 Å². The average Bonchev–Trinajstić information content (AvgIpc) is 3.05. The van der Waals surface area contributed by atoms with E-state index in [9.17, 15) is 21.6 Å². The molecular weight excluding hydrogens is 283 g/mol. The lowest BCUT2D eigenvalue weighted by Crippen LogP contribution is -2.41. The zero-order chi connectivity index (χ0) is 14.5. The molecule has 1 N–H and O–H groups in total. The van der Waals surface area contributed by atoms with Crippen LogP contribution in [0.5, 0.6) is 0 Å². The highest BCUT2D eigenvalue weighted by Gasteiger charge is 2.73. The molecule has 4 nitrogen and oxygen atoms in total. The summed E-state index contributed by atoms with van der Waals surface area (Å²) < 4.78 is 62.7. The summed E-state index contributed by atoms with van der Waals surface area (Å²) in [6.07, 6.45) is -4.79. The number of aryl methyl sites for hydroxylation is 1. The minimum Gasteiger partial charge on any atom is -0.394 e. The van der Waals surface area contributed by atoms with E-state index in [1.807, 2.05) is 0 Å². The third-order valence-electron chi connectivity index (χ3n) is 3.18. The summed E-state index contributed by atoms with van der Waals surface area (Å²) >= 11 is 0. The van der Waals surface area contributed by atoms with Gasteiger partial charge in [-0.2, -0.15) is 17.5 Å². The number of benzene rings is 1. The molecule has 2 rings (SSSR count). The molecule has 0 bridgehead atoms. The Kier molecular flexibility index (Phi) is 3.15. The van der Waals surface area contributed by atoms with E-state index in [0.717, 1.165) is 5.56 Å². The molecule has 19 heavy (non-hydrogen) atoms. The van der Waals surface area contributed by atoms with Gasteiger partial charge in [0.05, 0.1) is 11.5 Å². The van der Waals surface area contributed by atoms with Gasteiger partial charge in [0.2, 0.25) is 10.0 Å². The highest BCUT2D eigenvalue weighted by atomic mass is 32.2. The number of rotatable bonds is 3. The van der Waals surface area contributed by atoms with Crippen molar-refractivity contribution in [3.05, 3.63) is 29.8 Å². The summed E-state index contributed by atoms with van der Waals surface area (Å²) in [6.45, 7) is -0.285. The number of nitrogens with zero attached hydrogens (tertiary/aromatic N) is 1. The van der Waals surface area contributed by atoms with Gasteiger partial charge in [-0.05, 0) is 19.1 Å². The second kappa shape index (κ2) is 4.19. The quantitative estimate of drug-likeness (QED) is 0.855. The molecule has 1 aliphatic heterocycles. The van der Waals surface area contributed by atoms with Crippen LogP contribution in [0, 0.1) is 6.92 Å². The first kappa shape index (κ1) is 14.3. The zero-order valence-electron chi connectivity index (χ0n) is 9.98. The number of halogens is 3. The number of aliphatic hydroxyl groups is 1. The van der Waals surface area contributed by atoms with Gasteiger partial charge < -0.3 is 5.11 Å². The number of hydrogen-bond acceptors (Lipinski definition) is 3. The number of hydrogen-bond donors (Lipinski definition) is 1.